The van der Waals surface area contributed by atoms with E-state index in [2.05, 4.69) is 16.4 Å². The summed E-state index contributed by atoms with van der Waals surface area (Å²) in [5, 5.41) is 13.2. The number of benzene rings is 1. The highest BCUT2D eigenvalue weighted by atomic mass is 15.1. The molecular formula is C20H23N5. The normalized spacial score (nSPS) is 14.5. The van der Waals surface area contributed by atoms with Gasteiger partial charge in [0.25, 0.3) is 0 Å². The van der Waals surface area contributed by atoms with Crippen molar-refractivity contribution in [3.63, 3.8) is 0 Å². The lowest BCUT2D eigenvalue weighted by Gasteiger charge is -2.28. The molecule has 0 radical (unpaired) electrons. The van der Waals surface area contributed by atoms with Gasteiger partial charge in [-0.05, 0) is 49.1 Å². The number of nitrogens with two attached hydrogens (primary N) is 1. The molecule has 1 heterocycles. The number of nitriles is 1. The number of pyridine rings is 1. The molecule has 0 aliphatic heterocycles. The highest BCUT2D eigenvalue weighted by molar-refractivity contribution is 5.94. The van der Waals surface area contributed by atoms with E-state index in [1.54, 1.807) is 0 Å². The van der Waals surface area contributed by atoms with Crippen molar-refractivity contribution in [1.82, 2.24) is 4.98 Å². The quantitative estimate of drug-likeness (QED) is 0.643. The lowest BCUT2D eigenvalue weighted by Crippen LogP contribution is -2.28. The van der Waals surface area contributed by atoms with Gasteiger partial charge in [0.1, 0.15) is 5.82 Å². The molecule has 3 N–H and O–H groups in total. The fraction of sp³-hybridized carbons (Fsp3) is 0.300. The zero-order valence-electron chi connectivity index (χ0n) is 14.7. The number of nitrogens with one attached hydrogen (secondary N) is 1. The van der Waals surface area contributed by atoms with Crippen LogP contribution in [0.4, 0.5) is 17.2 Å². The van der Waals surface area contributed by atoms with E-state index in [9.17, 15) is 5.26 Å². The Hall–Kier alpha value is -3.00. The van der Waals surface area contributed by atoms with Crippen molar-refractivity contribution in [2.24, 2.45) is 0 Å². The molecule has 5 nitrogen and oxygen atoms in total. The molecule has 1 aliphatic carbocycles. The number of anilines is 3. The van der Waals surface area contributed by atoms with Crippen molar-refractivity contribution in [1.29, 1.82) is 5.26 Å². The highest BCUT2D eigenvalue weighted by Crippen LogP contribution is 2.31. The molecule has 2 aromatic rings. The maximum Gasteiger partial charge on any atom is 0.134 e. The Morgan fingerprint density at radius 3 is 2.60 bits per heavy atom. The highest BCUT2D eigenvalue weighted by Gasteiger charge is 2.20. The second-order valence-corrected chi connectivity index (χ2v) is 6.59. The lowest BCUT2D eigenvalue weighted by molar-refractivity contribution is 0.444. The molecule has 1 aromatic carbocycles. The van der Waals surface area contributed by atoms with Gasteiger partial charge in [-0.1, -0.05) is 12.1 Å². The van der Waals surface area contributed by atoms with Crippen LogP contribution in [0.3, 0.4) is 0 Å². The molecule has 0 atom stereocenters. The number of rotatable bonds is 5. The van der Waals surface area contributed by atoms with Crippen LogP contribution in [0.15, 0.2) is 36.5 Å². The molecule has 1 saturated carbocycles. The van der Waals surface area contributed by atoms with Crippen LogP contribution >= 0.6 is 0 Å². The molecular weight excluding hydrogens is 310 g/mol. The van der Waals surface area contributed by atoms with Crippen LogP contribution in [0.5, 0.6) is 0 Å². The van der Waals surface area contributed by atoms with Crippen LogP contribution in [0.1, 0.15) is 30.4 Å². The average Bonchev–Trinajstić information content (AvgIpc) is 2.57. The predicted octanol–water partition coefficient (Wildman–Crippen LogP) is 3.76. The van der Waals surface area contributed by atoms with Crippen LogP contribution < -0.4 is 16.0 Å². The van der Waals surface area contributed by atoms with E-state index < -0.39 is 0 Å². The summed E-state index contributed by atoms with van der Waals surface area (Å²) in [5.41, 5.74) is 9.77. The number of nitrogen functional groups attached to an aromatic ring is 1. The van der Waals surface area contributed by atoms with Gasteiger partial charge in [-0.3, -0.25) is 0 Å². The summed E-state index contributed by atoms with van der Waals surface area (Å²) in [7, 11) is 3.94. The topological polar surface area (TPSA) is 78.0 Å². The van der Waals surface area contributed by atoms with Gasteiger partial charge in [0.15, 0.2) is 0 Å². The summed E-state index contributed by atoms with van der Waals surface area (Å²) in [5.74, 6) is 0.776. The average molecular weight is 333 g/mol. The van der Waals surface area contributed by atoms with Crippen molar-refractivity contribution >= 4 is 28.8 Å². The van der Waals surface area contributed by atoms with Crippen LogP contribution in [0.2, 0.25) is 0 Å². The molecule has 5 heteroatoms. The van der Waals surface area contributed by atoms with Crippen LogP contribution in [0.25, 0.3) is 11.6 Å². The zero-order valence-corrected chi connectivity index (χ0v) is 14.7. The molecule has 1 aliphatic rings. The molecule has 0 unspecified atom stereocenters. The maximum atomic E-state index is 9.74. The standard InChI is InChI=1S/C20H23N5/c1-25(2)18-11-19(20(23-13-18)24-17-4-3-5-17)15(12-21)10-14-6-8-16(22)9-7-14/h6-11,13,17H,3-5,22H2,1-2H3,(H,23,24)/b15-10+. The molecule has 0 spiro atoms. The van der Waals surface area contributed by atoms with Crippen molar-refractivity contribution in [2.45, 2.75) is 25.3 Å². The van der Waals surface area contributed by atoms with E-state index in [1.165, 1.54) is 6.42 Å². The smallest absolute Gasteiger partial charge is 0.134 e. The largest absolute Gasteiger partial charge is 0.399 e. The Bertz CT molecular complexity index is 811. The Morgan fingerprint density at radius 2 is 2.04 bits per heavy atom. The summed E-state index contributed by atoms with van der Waals surface area (Å²) in [6.45, 7) is 0. The molecule has 128 valence electrons. The maximum absolute atomic E-state index is 9.74. The Morgan fingerprint density at radius 1 is 1.32 bits per heavy atom. The molecule has 0 amide bonds. The van der Waals surface area contributed by atoms with Gasteiger partial charge in [-0.15, -0.1) is 0 Å². The summed E-state index contributed by atoms with van der Waals surface area (Å²) in [6.07, 6.45) is 7.26. The fourth-order valence-electron chi connectivity index (χ4n) is 2.69. The van der Waals surface area contributed by atoms with Crippen molar-refractivity contribution in [2.75, 3.05) is 30.0 Å². The molecule has 1 fully saturated rings. The first-order chi connectivity index (χ1) is 12.1. The van der Waals surface area contributed by atoms with Gasteiger partial charge in [0, 0.05) is 31.4 Å². The lowest BCUT2D eigenvalue weighted by atomic mass is 9.92. The fourth-order valence-corrected chi connectivity index (χ4v) is 2.69. The van der Waals surface area contributed by atoms with Gasteiger partial charge < -0.3 is 16.0 Å². The first kappa shape index (κ1) is 16.8. The zero-order chi connectivity index (χ0) is 17.8. The Labute approximate surface area is 148 Å². The second-order valence-electron chi connectivity index (χ2n) is 6.59. The van der Waals surface area contributed by atoms with Crippen LogP contribution in [0, 0.1) is 11.3 Å². The summed E-state index contributed by atoms with van der Waals surface area (Å²) >= 11 is 0. The minimum absolute atomic E-state index is 0.452. The summed E-state index contributed by atoms with van der Waals surface area (Å²) in [4.78, 5) is 6.57. The number of hydrogen-bond acceptors (Lipinski definition) is 5. The molecule has 0 saturated heterocycles. The SMILES string of the molecule is CN(C)c1cnc(NC2CCC2)c(/C(C#N)=C/c2ccc(N)cc2)c1. The van der Waals surface area contributed by atoms with Gasteiger partial charge >= 0.3 is 0 Å². The number of hydrogen-bond donors (Lipinski definition) is 2. The van der Waals surface area contributed by atoms with Crippen molar-refractivity contribution < 1.29 is 0 Å². The third kappa shape index (κ3) is 3.92. The van der Waals surface area contributed by atoms with Crippen LogP contribution in [-0.4, -0.2) is 25.1 Å². The van der Waals surface area contributed by atoms with E-state index >= 15 is 0 Å². The van der Waals surface area contributed by atoms with Gasteiger partial charge in [0.2, 0.25) is 0 Å². The Kier molecular flexibility index (Phi) is 4.90. The van der Waals surface area contributed by atoms with E-state index in [-0.39, 0.29) is 0 Å². The van der Waals surface area contributed by atoms with E-state index in [0.29, 0.717) is 17.3 Å². The van der Waals surface area contributed by atoms with E-state index in [1.807, 2.05) is 61.6 Å². The second kappa shape index (κ2) is 7.27. The number of aromatic nitrogens is 1. The molecule has 1 aromatic heterocycles. The Balaban J connectivity index is 2.02. The third-order valence-corrected chi connectivity index (χ3v) is 4.49. The van der Waals surface area contributed by atoms with Gasteiger partial charge in [0.05, 0.1) is 23.5 Å². The van der Waals surface area contributed by atoms with Gasteiger partial charge in [-0.25, -0.2) is 4.98 Å². The monoisotopic (exact) mass is 333 g/mol. The predicted molar refractivity (Wildman–Crippen MR) is 104 cm³/mol. The van der Waals surface area contributed by atoms with Crippen molar-refractivity contribution in [3.8, 4) is 6.07 Å². The molecule has 0 bridgehead atoms. The first-order valence-electron chi connectivity index (χ1n) is 8.48. The third-order valence-electron chi connectivity index (χ3n) is 4.49. The summed E-state index contributed by atoms with van der Waals surface area (Å²) in [6, 6.07) is 12.3. The van der Waals surface area contributed by atoms with Crippen LogP contribution in [-0.2, 0) is 0 Å². The van der Waals surface area contributed by atoms with E-state index in [4.69, 9.17) is 5.73 Å². The number of allylic oxidation sites excluding steroid dienone is 1. The number of nitrogens with zero attached hydrogens (tertiary/aromatic N) is 3. The molecule has 25 heavy (non-hydrogen) atoms. The van der Waals surface area contributed by atoms with Gasteiger partial charge in [-0.2, -0.15) is 5.26 Å². The summed E-state index contributed by atoms with van der Waals surface area (Å²) < 4.78 is 0. The molecule has 3 rings (SSSR count). The van der Waals surface area contributed by atoms with E-state index in [0.717, 1.165) is 35.5 Å². The minimum atomic E-state index is 0.452. The minimum Gasteiger partial charge on any atom is -0.399 e. The first-order valence-corrected chi connectivity index (χ1v) is 8.48. The van der Waals surface area contributed by atoms with Crippen molar-refractivity contribution in [3.05, 3.63) is 47.7 Å².